The summed E-state index contributed by atoms with van der Waals surface area (Å²) in [5, 5.41) is 11.3. The first-order chi connectivity index (χ1) is 11.2. The Bertz CT molecular complexity index is 720. The molecule has 0 aliphatic carbocycles. The van der Waals surface area contributed by atoms with Gasteiger partial charge in [-0.2, -0.15) is 5.10 Å². The van der Waals surface area contributed by atoms with Gasteiger partial charge in [0.25, 0.3) is 5.91 Å². The van der Waals surface area contributed by atoms with Crippen molar-refractivity contribution in [3.63, 3.8) is 0 Å². The van der Waals surface area contributed by atoms with Gasteiger partial charge in [-0.15, -0.1) is 0 Å². The van der Waals surface area contributed by atoms with Gasteiger partial charge in [0.2, 0.25) is 0 Å². The number of pyridine rings is 1. The Kier molecular flexibility index (Phi) is 3.74. The number of nitrogens with zero attached hydrogens (tertiary/aromatic N) is 4. The predicted octanol–water partition coefficient (Wildman–Crippen LogP) is 0.386. The number of amides is 1. The van der Waals surface area contributed by atoms with E-state index in [0.29, 0.717) is 17.3 Å². The number of hydrogen-bond donors (Lipinski definition) is 2. The number of rotatable bonds is 2. The molecule has 0 saturated carbocycles. The molecule has 7 nitrogen and oxygen atoms in total. The summed E-state index contributed by atoms with van der Waals surface area (Å²) < 4.78 is 0. The van der Waals surface area contributed by atoms with Crippen LogP contribution in [0.15, 0.2) is 12.3 Å². The van der Waals surface area contributed by atoms with Gasteiger partial charge in [-0.25, -0.2) is 4.98 Å². The molecule has 0 aromatic carbocycles. The molecule has 23 heavy (non-hydrogen) atoms. The van der Waals surface area contributed by atoms with Crippen LogP contribution in [0, 0.1) is 6.92 Å². The second-order valence-electron chi connectivity index (χ2n) is 6.42. The van der Waals surface area contributed by atoms with Crippen LogP contribution in [0.2, 0.25) is 0 Å². The number of aryl methyl sites for hydroxylation is 1. The maximum absolute atomic E-state index is 12.8. The number of piperazine rings is 1. The van der Waals surface area contributed by atoms with Gasteiger partial charge in [0.05, 0.1) is 5.56 Å². The molecule has 2 N–H and O–H groups in total. The third-order valence-corrected chi connectivity index (χ3v) is 4.97. The Hall–Kier alpha value is -1.99. The molecule has 2 aliphatic rings. The van der Waals surface area contributed by atoms with E-state index in [2.05, 4.69) is 25.4 Å². The summed E-state index contributed by atoms with van der Waals surface area (Å²) in [4.78, 5) is 21.5. The number of carbonyl (C=O) groups is 1. The Morgan fingerprint density at radius 2 is 2.13 bits per heavy atom. The van der Waals surface area contributed by atoms with Crippen molar-refractivity contribution in [2.45, 2.75) is 19.4 Å². The summed E-state index contributed by atoms with van der Waals surface area (Å²) in [7, 11) is 0. The molecular weight excluding hydrogens is 292 g/mol. The quantitative estimate of drug-likeness (QED) is 0.838. The summed E-state index contributed by atoms with van der Waals surface area (Å²) in [5.41, 5.74) is 2.27. The molecule has 122 valence electrons. The standard InChI is InChI=1S/C16H22N6O/c1-11-14-8-12(9-18-15(14)20-19-11)16(23)22-5-2-13(10-22)21-6-3-17-4-7-21/h8-9,13,17H,2-7,10H2,1H3,(H,18,19,20). The third-order valence-electron chi connectivity index (χ3n) is 4.97. The third kappa shape index (κ3) is 2.70. The second-order valence-corrected chi connectivity index (χ2v) is 6.42. The van der Waals surface area contributed by atoms with Crippen LogP contribution < -0.4 is 5.32 Å². The fourth-order valence-corrected chi connectivity index (χ4v) is 3.59. The van der Waals surface area contributed by atoms with E-state index in [1.807, 2.05) is 17.9 Å². The average molecular weight is 314 g/mol. The van der Waals surface area contributed by atoms with E-state index in [0.717, 1.165) is 56.8 Å². The van der Waals surface area contributed by atoms with E-state index in [4.69, 9.17) is 0 Å². The Morgan fingerprint density at radius 3 is 2.96 bits per heavy atom. The van der Waals surface area contributed by atoms with Crippen molar-refractivity contribution in [2.75, 3.05) is 39.3 Å². The van der Waals surface area contributed by atoms with Gasteiger partial charge >= 0.3 is 0 Å². The highest BCUT2D eigenvalue weighted by Gasteiger charge is 2.31. The minimum Gasteiger partial charge on any atom is -0.337 e. The van der Waals surface area contributed by atoms with Crippen molar-refractivity contribution >= 4 is 16.9 Å². The van der Waals surface area contributed by atoms with Gasteiger partial charge in [-0.05, 0) is 19.4 Å². The lowest BCUT2D eigenvalue weighted by Crippen LogP contribution is -2.49. The maximum Gasteiger partial charge on any atom is 0.255 e. The number of aromatic amines is 1. The molecule has 2 aromatic rings. The fourth-order valence-electron chi connectivity index (χ4n) is 3.59. The molecule has 0 radical (unpaired) electrons. The van der Waals surface area contributed by atoms with E-state index >= 15 is 0 Å². The molecule has 1 atom stereocenters. The zero-order chi connectivity index (χ0) is 15.8. The smallest absolute Gasteiger partial charge is 0.255 e. The molecular formula is C16H22N6O. The first kappa shape index (κ1) is 14.6. The summed E-state index contributed by atoms with van der Waals surface area (Å²) >= 11 is 0. The van der Waals surface area contributed by atoms with E-state index in [1.165, 1.54) is 0 Å². The minimum atomic E-state index is 0.0811. The summed E-state index contributed by atoms with van der Waals surface area (Å²) in [6, 6.07) is 2.40. The molecule has 0 spiro atoms. The SMILES string of the molecule is Cc1[nH]nc2ncc(C(=O)N3CCC(N4CCNCC4)C3)cc12. The van der Waals surface area contributed by atoms with E-state index in [-0.39, 0.29) is 5.91 Å². The van der Waals surface area contributed by atoms with E-state index in [9.17, 15) is 4.79 Å². The van der Waals surface area contributed by atoms with E-state index < -0.39 is 0 Å². The molecule has 1 amide bonds. The van der Waals surface area contributed by atoms with Crippen LogP contribution in [0.25, 0.3) is 11.0 Å². The number of aromatic nitrogens is 3. The predicted molar refractivity (Wildman–Crippen MR) is 87.4 cm³/mol. The van der Waals surface area contributed by atoms with Crippen LogP contribution in [-0.4, -0.2) is 76.2 Å². The lowest BCUT2D eigenvalue weighted by atomic mass is 10.2. The monoisotopic (exact) mass is 314 g/mol. The number of H-pyrrole nitrogens is 1. The van der Waals surface area contributed by atoms with Crippen molar-refractivity contribution in [2.24, 2.45) is 0 Å². The molecule has 2 fully saturated rings. The number of hydrogen-bond acceptors (Lipinski definition) is 5. The number of carbonyl (C=O) groups excluding carboxylic acids is 1. The van der Waals surface area contributed by atoms with Gasteiger partial charge in [-0.1, -0.05) is 0 Å². The van der Waals surface area contributed by atoms with Crippen molar-refractivity contribution in [3.05, 3.63) is 23.5 Å². The number of fused-ring (bicyclic) bond motifs is 1. The summed E-state index contributed by atoms with van der Waals surface area (Å²) in [5.74, 6) is 0.0811. The molecule has 4 heterocycles. The molecule has 2 aliphatic heterocycles. The lowest BCUT2D eigenvalue weighted by molar-refractivity contribution is 0.0773. The first-order valence-electron chi connectivity index (χ1n) is 8.27. The van der Waals surface area contributed by atoms with Crippen LogP contribution >= 0.6 is 0 Å². The van der Waals surface area contributed by atoms with Crippen molar-refractivity contribution in [3.8, 4) is 0 Å². The minimum absolute atomic E-state index is 0.0811. The van der Waals surface area contributed by atoms with Crippen LogP contribution in [0.4, 0.5) is 0 Å². The van der Waals surface area contributed by atoms with Gasteiger partial charge < -0.3 is 10.2 Å². The van der Waals surface area contributed by atoms with E-state index in [1.54, 1.807) is 6.20 Å². The van der Waals surface area contributed by atoms with Crippen LogP contribution in [-0.2, 0) is 0 Å². The highest BCUT2D eigenvalue weighted by atomic mass is 16.2. The fraction of sp³-hybridized carbons (Fsp3) is 0.562. The normalized spacial score (nSPS) is 22.8. The Balaban J connectivity index is 1.48. The zero-order valence-electron chi connectivity index (χ0n) is 13.4. The largest absolute Gasteiger partial charge is 0.337 e. The molecule has 0 bridgehead atoms. The number of nitrogens with one attached hydrogen (secondary N) is 2. The number of likely N-dealkylation sites (tertiary alicyclic amines) is 1. The topological polar surface area (TPSA) is 77.2 Å². The van der Waals surface area contributed by atoms with Gasteiger partial charge in [0.1, 0.15) is 0 Å². The highest BCUT2D eigenvalue weighted by molar-refractivity contribution is 5.97. The first-order valence-corrected chi connectivity index (χ1v) is 8.27. The molecule has 7 heteroatoms. The van der Waals surface area contributed by atoms with Gasteiger partial charge in [0.15, 0.2) is 5.65 Å². The summed E-state index contributed by atoms with van der Waals surface area (Å²) in [6.07, 6.45) is 2.70. The van der Waals surface area contributed by atoms with Crippen molar-refractivity contribution < 1.29 is 4.79 Å². The average Bonchev–Trinajstić information content (AvgIpc) is 3.22. The lowest BCUT2D eigenvalue weighted by Gasteiger charge is -2.32. The highest BCUT2D eigenvalue weighted by Crippen LogP contribution is 2.20. The maximum atomic E-state index is 12.8. The van der Waals surface area contributed by atoms with Crippen LogP contribution in [0.1, 0.15) is 22.5 Å². The van der Waals surface area contributed by atoms with Crippen LogP contribution in [0.3, 0.4) is 0 Å². The summed E-state index contributed by atoms with van der Waals surface area (Å²) in [6.45, 7) is 7.84. The second kappa shape index (κ2) is 5.90. The van der Waals surface area contributed by atoms with Crippen molar-refractivity contribution in [1.82, 2.24) is 30.3 Å². The molecule has 4 rings (SSSR count). The Morgan fingerprint density at radius 1 is 1.30 bits per heavy atom. The molecule has 1 unspecified atom stereocenters. The Labute approximate surface area is 135 Å². The van der Waals surface area contributed by atoms with Crippen molar-refractivity contribution in [1.29, 1.82) is 0 Å². The van der Waals surface area contributed by atoms with Gasteiger partial charge in [0, 0.05) is 62.6 Å². The van der Waals surface area contributed by atoms with Crippen LogP contribution in [0.5, 0.6) is 0 Å². The molecule has 2 saturated heterocycles. The molecule has 2 aromatic heterocycles. The zero-order valence-corrected chi connectivity index (χ0v) is 13.4. The van der Waals surface area contributed by atoms with Gasteiger partial charge in [-0.3, -0.25) is 14.8 Å².